The Morgan fingerprint density at radius 1 is 1.19 bits per heavy atom. The molecule has 0 fully saturated rings. The highest BCUT2D eigenvalue weighted by Gasteiger charge is 2.24. The van der Waals surface area contributed by atoms with Gasteiger partial charge in [-0.3, -0.25) is 0 Å². The van der Waals surface area contributed by atoms with Crippen molar-refractivity contribution in [3.8, 4) is 0 Å². The summed E-state index contributed by atoms with van der Waals surface area (Å²) in [6.07, 6.45) is 0.245. The number of amides is 1. The highest BCUT2D eigenvalue weighted by Crippen LogP contribution is 2.10. The first kappa shape index (κ1) is 22.4. The molecule has 0 unspecified atom stereocenters. The Hall–Kier alpha value is -1.63. The minimum atomic E-state index is -0.742. The van der Waals surface area contributed by atoms with E-state index < -0.39 is 23.8 Å². The summed E-state index contributed by atoms with van der Waals surface area (Å²) in [5, 5.41) is 16.5. The Morgan fingerprint density at radius 2 is 1.88 bits per heavy atom. The Kier molecular flexibility index (Phi) is 10.2. The van der Waals surface area contributed by atoms with E-state index in [1.54, 1.807) is 0 Å². The molecule has 148 valence electrons. The molecule has 2 atom stereocenters. The SMILES string of the molecule is CCCOCCNC[C@@H](O)[C@H](Cc1ccccc1)NC(=O)OC(C)(C)C. The molecule has 0 aliphatic carbocycles. The normalized spacial score (nSPS) is 13.9. The van der Waals surface area contributed by atoms with Crippen LogP contribution in [-0.4, -0.2) is 55.2 Å². The number of benzene rings is 1. The quantitative estimate of drug-likeness (QED) is 0.525. The average Bonchev–Trinajstić information content (AvgIpc) is 2.56. The molecule has 26 heavy (non-hydrogen) atoms. The van der Waals surface area contributed by atoms with E-state index in [-0.39, 0.29) is 0 Å². The second-order valence-corrected chi connectivity index (χ2v) is 7.33. The number of carbonyl (C=O) groups excluding carboxylic acids is 1. The van der Waals surface area contributed by atoms with Crippen molar-refractivity contribution >= 4 is 6.09 Å². The van der Waals surface area contributed by atoms with E-state index in [1.165, 1.54) is 0 Å². The lowest BCUT2D eigenvalue weighted by molar-refractivity contribution is 0.0419. The van der Waals surface area contributed by atoms with Gasteiger partial charge in [-0.05, 0) is 39.2 Å². The molecule has 0 spiro atoms. The van der Waals surface area contributed by atoms with Crippen molar-refractivity contribution < 1.29 is 19.4 Å². The third-order valence-electron chi connectivity index (χ3n) is 3.59. The van der Waals surface area contributed by atoms with Crippen LogP contribution in [0.4, 0.5) is 4.79 Å². The highest BCUT2D eigenvalue weighted by molar-refractivity contribution is 5.68. The molecule has 3 N–H and O–H groups in total. The summed E-state index contributed by atoms with van der Waals surface area (Å²) < 4.78 is 10.7. The Labute approximate surface area is 157 Å². The summed E-state index contributed by atoms with van der Waals surface area (Å²) in [7, 11) is 0. The molecule has 1 amide bonds. The molecule has 0 aromatic heterocycles. The summed E-state index contributed by atoms with van der Waals surface area (Å²) in [4.78, 5) is 12.1. The standard InChI is InChI=1S/C20H34N2O4/c1-5-12-25-13-11-21-15-18(23)17(14-16-9-7-6-8-10-16)22-19(24)26-20(2,3)4/h6-10,17-18,21,23H,5,11-15H2,1-4H3,(H,22,24)/t17-,18+/m0/s1. The number of nitrogens with one attached hydrogen (secondary N) is 2. The van der Waals surface area contributed by atoms with Crippen LogP contribution in [-0.2, 0) is 15.9 Å². The molecule has 0 bridgehead atoms. The zero-order valence-corrected chi connectivity index (χ0v) is 16.5. The minimum Gasteiger partial charge on any atom is -0.444 e. The molecule has 6 heteroatoms. The van der Waals surface area contributed by atoms with Crippen LogP contribution >= 0.6 is 0 Å². The van der Waals surface area contributed by atoms with Gasteiger partial charge in [0.25, 0.3) is 0 Å². The summed E-state index contributed by atoms with van der Waals surface area (Å²) in [6.45, 7) is 9.86. The Balaban J connectivity index is 2.57. The lowest BCUT2D eigenvalue weighted by atomic mass is 10.0. The zero-order chi connectivity index (χ0) is 19.4. The van der Waals surface area contributed by atoms with E-state index in [2.05, 4.69) is 17.6 Å². The first-order valence-corrected chi connectivity index (χ1v) is 9.31. The van der Waals surface area contributed by atoms with E-state index in [0.29, 0.717) is 26.1 Å². The van der Waals surface area contributed by atoms with Gasteiger partial charge in [-0.1, -0.05) is 37.3 Å². The number of rotatable bonds is 11. The molecular formula is C20H34N2O4. The maximum absolute atomic E-state index is 12.1. The number of hydrogen-bond acceptors (Lipinski definition) is 5. The van der Waals surface area contributed by atoms with E-state index in [9.17, 15) is 9.90 Å². The van der Waals surface area contributed by atoms with Gasteiger partial charge >= 0.3 is 6.09 Å². The van der Waals surface area contributed by atoms with Crippen LogP contribution in [0.3, 0.4) is 0 Å². The fraction of sp³-hybridized carbons (Fsp3) is 0.650. The summed E-state index contributed by atoms with van der Waals surface area (Å²) in [5.41, 5.74) is 0.458. The molecule has 0 aliphatic heterocycles. The second-order valence-electron chi connectivity index (χ2n) is 7.33. The van der Waals surface area contributed by atoms with Gasteiger partial charge in [-0.2, -0.15) is 0 Å². The van der Waals surface area contributed by atoms with Gasteiger partial charge < -0.3 is 25.2 Å². The molecule has 6 nitrogen and oxygen atoms in total. The second kappa shape index (κ2) is 11.9. The van der Waals surface area contributed by atoms with Crippen molar-refractivity contribution in [2.75, 3.05) is 26.3 Å². The van der Waals surface area contributed by atoms with E-state index in [0.717, 1.165) is 18.6 Å². The molecule has 1 aromatic rings. The van der Waals surface area contributed by atoms with E-state index >= 15 is 0 Å². The minimum absolute atomic E-state index is 0.364. The van der Waals surface area contributed by atoms with Crippen molar-refractivity contribution in [2.24, 2.45) is 0 Å². The predicted octanol–water partition coefficient (Wildman–Crippen LogP) is 2.50. The molecule has 0 saturated carbocycles. The molecule has 1 aromatic carbocycles. The van der Waals surface area contributed by atoms with Gasteiger partial charge in [0.1, 0.15) is 5.60 Å². The molecule has 0 radical (unpaired) electrons. The number of carbonyl (C=O) groups is 1. The third kappa shape index (κ3) is 10.4. The predicted molar refractivity (Wildman–Crippen MR) is 103 cm³/mol. The summed E-state index contributed by atoms with van der Waals surface area (Å²) in [5.74, 6) is 0. The number of aliphatic hydroxyl groups excluding tert-OH is 1. The van der Waals surface area contributed by atoms with Crippen molar-refractivity contribution in [2.45, 2.75) is 58.3 Å². The van der Waals surface area contributed by atoms with Crippen LogP contribution in [0.5, 0.6) is 0 Å². The molecular weight excluding hydrogens is 332 g/mol. The van der Waals surface area contributed by atoms with Crippen LogP contribution in [0.2, 0.25) is 0 Å². The maximum Gasteiger partial charge on any atom is 0.407 e. The zero-order valence-electron chi connectivity index (χ0n) is 16.5. The average molecular weight is 367 g/mol. The van der Waals surface area contributed by atoms with Crippen LogP contribution in [0.15, 0.2) is 30.3 Å². The Bertz CT molecular complexity index is 502. The third-order valence-corrected chi connectivity index (χ3v) is 3.59. The summed E-state index contributed by atoms with van der Waals surface area (Å²) >= 11 is 0. The molecule has 0 aliphatic rings. The topological polar surface area (TPSA) is 79.8 Å². The van der Waals surface area contributed by atoms with E-state index in [4.69, 9.17) is 9.47 Å². The fourth-order valence-electron chi connectivity index (χ4n) is 2.39. The van der Waals surface area contributed by atoms with Gasteiger partial charge in [0.2, 0.25) is 0 Å². The first-order valence-electron chi connectivity index (χ1n) is 9.31. The monoisotopic (exact) mass is 366 g/mol. The van der Waals surface area contributed by atoms with Crippen LogP contribution < -0.4 is 10.6 Å². The van der Waals surface area contributed by atoms with Gasteiger partial charge in [-0.15, -0.1) is 0 Å². The largest absolute Gasteiger partial charge is 0.444 e. The van der Waals surface area contributed by atoms with Crippen molar-refractivity contribution in [1.29, 1.82) is 0 Å². The Morgan fingerprint density at radius 3 is 2.50 bits per heavy atom. The van der Waals surface area contributed by atoms with Crippen molar-refractivity contribution in [3.63, 3.8) is 0 Å². The van der Waals surface area contributed by atoms with Gasteiger partial charge in [0, 0.05) is 19.7 Å². The van der Waals surface area contributed by atoms with Gasteiger partial charge in [0.15, 0.2) is 0 Å². The highest BCUT2D eigenvalue weighted by atomic mass is 16.6. The summed E-state index contributed by atoms with van der Waals surface area (Å²) in [6, 6.07) is 9.32. The number of hydrogen-bond donors (Lipinski definition) is 3. The van der Waals surface area contributed by atoms with Crippen molar-refractivity contribution in [3.05, 3.63) is 35.9 Å². The van der Waals surface area contributed by atoms with Crippen LogP contribution in [0.1, 0.15) is 39.7 Å². The van der Waals surface area contributed by atoms with Crippen LogP contribution in [0, 0.1) is 0 Å². The van der Waals surface area contributed by atoms with Crippen molar-refractivity contribution in [1.82, 2.24) is 10.6 Å². The smallest absolute Gasteiger partial charge is 0.407 e. The van der Waals surface area contributed by atoms with Gasteiger partial charge in [0.05, 0.1) is 18.8 Å². The molecule has 1 rings (SSSR count). The maximum atomic E-state index is 12.1. The van der Waals surface area contributed by atoms with E-state index in [1.807, 2.05) is 51.1 Å². The van der Waals surface area contributed by atoms with Gasteiger partial charge in [-0.25, -0.2) is 4.79 Å². The molecule has 0 saturated heterocycles. The number of aliphatic hydroxyl groups is 1. The lowest BCUT2D eigenvalue weighted by Gasteiger charge is -2.27. The first-order chi connectivity index (χ1) is 12.3. The van der Waals surface area contributed by atoms with Crippen LogP contribution in [0.25, 0.3) is 0 Å². The number of ether oxygens (including phenoxy) is 2. The fourth-order valence-corrected chi connectivity index (χ4v) is 2.39. The molecule has 0 heterocycles. The number of alkyl carbamates (subject to hydrolysis) is 1. The lowest BCUT2D eigenvalue weighted by Crippen LogP contribution is -2.50.